The second kappa shape index (κ2) is 9.33. The number of ether oxygens (including phenoxy) is 2. The van der Waals surface area contributed by atoms with Gasteiger partial charge in [0.1, 0.15) is 11.9 Å². The highest BCUT2D eigenvalue weighted by Crippen LogP contribution is 2.47. The Hall–Kier alpha value is -2.24. The number of nitrogens with zero attached hydrogens (tertiary/aromatic N) is 1. The van der Waals surface area contributed by atoms with Crippen LogP contribution >= 0.6 is 11.6 Å². The third-order valence-electron chi connectivity index (χ3n) is 7.95. The van der Waals surface area contributed by atoms with E-state index in [1.807, 2.05) is 26.0 Å². The molecule has 1 aliphatic carbocycles. The van der Waals surface area contributed by atoms with Crippen molar-refractivity contribution in [2.45, 2.75) is 72.1 Å². The minimum atomic E-state index is -0.288. The lowest BCUT2D eigenvalue weighted by molar-refractivity contribution is -0.0348. The van der Waals surface area contributed by atoms with Gasteiger partial charge < -0.3 is 14.8 Å². The van der Waals surface area contributed by atoms with E-state index >= 15 is 0 Å². The molecule has 5 nitrogen and oxygen atoms in total. The van der Waals surface area contributed by atoms with Crippen molar-refractivity contribution < 1.29 is 14.3 Å². The topological polar surface area (TPSA) is 50.8 Å². The summed E-state index contributed by atoms with van der Waals surface area (Å²) in [5, 5.41) is 3.85. The number of piperidine rings is 3. The van der Waals surface area contributed by atoms with Crippen molar-refractivity contribution in [1.29, 1.82) is 0 Å². The van der Waals surface area contributed by atoms with Crippen molar-refractivity contribution in [3.8, 4) is 16.9 Å². The van der Waals surface area contributed by atoms with E-state index < -0.39 is 0 Å². The van der Waals surface area contributed by atoms with E-state index in [9.17, 15) is 4.79 Å². The first-order valence-electron chi connectivity index (χ1n) is 12.9. The first-order chi connectivity index (χ1) is 16.6. The SMILES string of the molecule is Cc1cc2c(cc1-c1ccc(OC(C)C)c(Cl)c1)CC(C)(C)[C@H]2NC(=O)O[C@@H]1CN2CCC1CC2. The molecule has 0 aromatic heterocycles. The third-order valence-corrected chi connectivity index (χ3v) is 8.24. The maximum absolute atomic E-state index is 13.0. The Kier molecular flexibility index (Phi) is 6.52. The molecule has 3 heterocycles. The van der Waals surface area contributed by atoms with E-state index in [2.05, 4.69) is 49.2 Å². The Morgan fingerprint density at radius 3 is 2.54 bits per heavy atom. The second-order valence-corrected chi connectivity index (χ2v) is 11.9. The largest absolute Gasteiger partial charge is 0.489 e. The number of hydrogen-bond donors (Lipinski definition) is 1. The summed E-state index contributed by atoms with van der Waals surface area (Å²) < 4.78 is 11.8. The fraction of sp³-hybridized carbons (Fsp3) is 0.552. The van der Waals surface area contributed by atoms with Crippen LogP contribution in [0.4, 0.5) is 4.79 Å². The van der Waals surface area contributed by atoms with Gasteiger partial charge in [-0.15, -0.1) is 0 Å². The molecule has 6 rings (SSSR count). The molecular weight excluding hydrogens is 460 g/mol. The Morgan fingerprint density at radius 2 is 1.91 bits per heavy atom. The van der Waals surface area contributed by atoms with Crippen LogP contribution in [-0.2, 0) is 11.2 Å². The van der Waals surface area contributed by atoms with E-state index in [0.717, 1.165) is 55.6 Å². The van der Waals surface area contributed by atoms with Gasteiger partial charge in [-0.2, -0.15) is 0 Å². The van der Waals surface area contributed by atoms with Gasteiger partial charge in [0, 0.05) is 6.54 Å². The highest BCUT2D eigenvalue weighted by atomic mass is 35.5. The smallest absolute Gasteiger partial charge is 0.407 e. The predicted molar refractivity (Wildman–Crippen MR) is 140 cm³/mol. The van der Waals surface area contributed by atoms with E-state index in [0.29, 0.717) is 16.7 Å². The molecule has 2 bridgehead atoms. The number of amides is 1. The third kappa shape index (κ3) is 4.90. The fourth-order valence-corrected chi connectivity index (χ4v) is 6.37. The summed E-state index contributed by atoms with van der Waals surface area (Å²) in [5.74, 6) is 1.21. The zero-order valence-corrected chi connectivity index (χ0v) is 22.2. The summed E-state index contributed by atoms with van der Waals surface area (Å²) in [5.41, 5.74) is 5.74. The van der Waals surface area contributed by atoms with Crippen LogP contribution in [0.25, 0.3) is 11.1 Å². The van der Waals surface area contributed by atoms with Crippen LogP contribution in [0.2, 0.25) is 5.02 Å². The second-order valence-electron chi connectivity index (χ2n) is 11.5. The monoisotopic (exact) mass is 496 g/mol. The first kappa shape index (κ1) is 24.5. The van der Waals surface area contributed by atoms with Crippen molar-refractivity contribution in [2.24, 2.45) is 11.3 Å². The minimum absolute atomic E-state index is 0.0120. The summed E-state index contributed by atoms with van der Waals surface area (Å²) in [6, 6.07) is 10.4. The van der Waals surface area contributed by atoms with Crippen molar-refractivity contribution in [3.05, 3.63) is 52.0 Å². The number of carbonyl (C=O) groups excluding carboxylic acids is 1. The molecule has 1 N–H and O–H groups in total. The average molecular weight is 497 g/mol. The first-order valence-corrected chi connectivity index (χ1v) is 13.3. The van der Waals surface area contributed by atoms with Crippen molar-refractivity contribution in [1.82, 2.24) is 10.2 Å². The quantitative estimate of drug-likeness (QED) is 0.510. The molecule has 2 aromatic rings. The van der Waals surface area contributed by atoms with Gasteiger partial charge in [0.05, 0.1) is 17.2 Å². The standard InChI is InChI=1S/C29H37ClN2O3/c1-17(2)34-25-7-6-20(14-24(25)30)22-13-21-15-29(4,5)27(23(21)12-18(22)3)31-28(33)35-26-16-32-10-8-19(26)9-11-32/h6-7,12-14,17,19,26-27H,8-11,15-16H2,1-5H3,(H,31,33)/t26-,27+/m1/s1. The van der Waals surface area contributed by atoms with Gasteiger partial charge in [-0.25, -0.2) is 4.79 Å². The number of nitrogens with one attached hydrogen (secondary N) is 1. The lowest BCUT2D eigenvalue weighted by Gasteiger charge is -2.44. The van der Waals surface area contributed by atoms with Crippen LogP contribution in [0, 0.1) is 18.3 Å². The normalized spacial score (nSPS) is 26.5. The Bertz CT molecular complexity index is 1120. The van der Waals surface area contributed by atoms with Crippen LogP contribution in [0.5, 0.6) is 5.75 Å². The van der Waals surface area contributed by atoms with Gasteiger partial charge in [0.2, 0.25) is 0 Å². The zero-order chi connectivity index (χ0) is 24.9. The molecule has 35 heavy (non-hydrogen) atoms. The Labute approximate surface area is 214 Å². The highest BCUT2D eigenvalue weighted by molar-refractivity contribution is 6.32. The lowest BCUT2D eigenvalue weighted by Crippen LogP contribution is -2.53. The van der Waals surface area contributed by atoms with Crippen LogP contribution in [0.15, 0.2) is 30.3 Å². The lowest BCUT2D eigenvalue weighted by atomic mass is 9.85. The molecule has 2 aromatic carbocycles. The zero-order valence-electron chi connectivity index (χ0n) is 21.5. The maximum atomic E-state index is 13.0. The summed E-state index contributed by atoms with van der Waals surface area (Å²) >= 11 is 6.53. The number of hydrogen-bond acceptors (Lipinski definition) is 4. The molecule has 0 saturated carbocycles. The summed E-state index contributed by atoms with van der Waals surface area (Å²) in [7, 11) is 0. The Morgan fingerprint density at radius 1 is 1.17 bits per heavy atom. The molecule has 1 amide bonds. The Balaban J connectivity index is 1.36. The minimum Gasteiger partial charge on any atom is -0.489 e. The molecular formula is C29H37ClN2O3. The number of carbonyl (C=O) groups is 1. The van der Waals surface area contributed by atoms with Gasteiger partial charge >= 0.3 is 6.09 Å². The molecule has 6 heteroatoms. The maximum Gasteiger partial charge on any atom is 0.407 e. The predicted octanol–water partition coefficient (Wildman–Crippen LogP) is 6.55. The van der Waals surface area contributed by atoms with Crippen molar-refractivity contribution in [2.75, 3.05) is 19.6 Å². The number of benzene rings is 2. The van der Waals surface area contributed by atoms with E-state index in [4.69, 9.17) is 21.1 Å². The van der Waals surface area contributed by atoms with Crippen LogP contribution in [0.3, 0.4) is 0 Å². The number of alkyl carbamates (subject to hydrolysis) is 1. The molecule has 2 atom stereocenters. The summed E-state index contributed by atoms with van der Waals surface area (Å²) in [6.45, 7) is 13.7. The highest BCUT2D eigenvalue weighted by Gasteiger charge is 2.42. The van der Waals surface area contributed by atoms with Crippen LogP contribution < -0.4 is 10.1 Å². The van der Waals surface area contributed by atoms with E-state index in [1.54, 1.807) is 0 Å². The van der Waals surface area contributed by atoms with Gasteiger partial charge in [0.25, 0.3) is 0 Å². The number of halogens is 1. The van der Waals surface area contributed by atoms with Gasteiger partial charge in [-0.1, -0.05) is 43.6 Å². The molecule has 188 valence electrons. The molecule has 3 aliphatic heterocycles. The molecule has 0 unspecified atom stereocenters. The van der Waals surface area contributed by atoms with Gasteiger partial charge in [-0.05, 0) is 104 Å². The number of aryl methyl sites for hydroxylation is 1. The molecule has 0 spiro atoms. The molecule has 3 fully saturated rings. The average Bonchev–Trinajstić information content (AvgIpc) is 3.04. The summed E-state index contributed by atoms with van der Waals surface area (Å²) in [6.07, 6.45) is 2.95. The van der Waals surface area contributed by atoms with Gasteiger partial charge in [0.15, 0.2) is 0 Å². The molecule has 3 saturated heterocycles. The van der Waals surface area contributed by atoms with Gasteiger partial charge in [-0.3, -0.25) is 4.90 Å². The fourth-order valence-electron chi connectivity index (χ4n) is 6.15. The number of fused-ring (bicyclic) bond motifs is 4. The van der Waals surface area contributed by atoms with Crippen LogP contribution in [0.1, 0.15) is 63.3 Å². The van der Waals surface area contributed by atoms with E-state index in [1.165, 1.54) is 11.1 Å². The molecule has 0 radical (unpaired) electrons. The van der Waals surface area contributed by atoms with Crippen molar-refractivity contribution in [3.63, 3.8) is 0 Å². The molecule has 4 aliphatic rings. The summed E-state index contributed by atoms with van der Waals surface area (Å²) in [4.78, 5) is 15.4. The van der Waals surface area contributed by atoms with Crippen molar-refractivity contribution >= 4 is 17.7 Å². The van der Waals surface area contributed by atoms with E-state index in [-0.39, 0.29) is 29.8 Å². The number of rotatable bonds is 5. The van der Waals surface area contributed by atoms with Crippen LogP contribution in [-0.4, -0.2) is 42.8 Å².